The van der Waals surface area contributed by atoms with E-state index in [1.54, 1.807) is 30.5 Å². The van der Waals surface area contributed by atoms with Gasteiger partial charge in [0.1, 0.15) is 5.82 Å². The summed E-state index contributed by atoms with van der Waals surface area (Å²) in [6, 6.07) is 18.6. The molecule has 1 fully saturated rings. The minimum Gasteiger partial charge on any atom is -0.340 e. The first-order valence-electron chi connectivity index (χ1n) is 11.3. The average Bonchev–Trinajstić information content (AvgIpc) is 2.84. The van der Waals surface area contributed by atoms with Crippen molar-refractivity contribution in [2.45, 2.75) is 23.7 Å². The van der Waals surface area contributed by atoms with Gasteiger partial charge >= 0.3 is 0 Å². The zero-order chi connectivity index (χ0) is 23.7. The average molecular weight is 475 g/mol. The predicted octanol–water partition coefficient (Wildman–Crippen LogP) is 4.20. The van der Waals surface area contributed by atoms with Crippen LogP contribution >= 0.6 is 0 Å². The van der Waals surface area contributed by atoms with E-state index in [1.807, 2.05) is 24.3 Å². The number of hydrogen-bond acceptors (Lipinski definition) is 6. The highest BCUT2D eigenvalue weighted by Gasteiger charge is 2.16. The van der Waals surface area contributed by atoms with Gasteiger partial charge in [0.2, 0.25) is 0 Å². The molecule has 34 heavy (non-hydrogen) atoms. The molecule has 8 heteroatoms. The molecule has 0 atom stereocenters. The number of fused-ring (bicyclic) bond motifs is 1. The van der Waals surface area contributed by atoms with Crippen molar-refractivity contribution < 1.29 is 8.42 Å². The SMILES string of the molecule is CS(=O)(=O)c1ccc(-c2cc3cc[nH]c(=O)c3c(Nc3ccc(C4CCNCC4)cc3)n2)cc1. The first kappa shape index (κ1) is 22.3. The number of pyridine rings is 2. The Labute approximate surface area is 198 Å². The molecule has 0 bridgehead atoms. The third-order valence-corrected chi connectivity index (χ3v) is 7.45. The topological polar surface area (TPSA) is 104 Å². The molecule has 0 amide bonds. The standard InChI is InChI=1S/C26H26N4O3S/c1-34(32,33)22-8-4-19(5-9-22)23-16-20-12-15-28-26(31)24(20)25(30-23)29-21-6-2-17(3-7-21)18-10-13-27-14-11-18/h2-9,12,15-16,18,27H,10-11,13-14H2,1H3,(H,28,31)(H,29,30). The van der Waals surface area contributed by atoms with Gasteiger partial charge in [-0.15, -0.1) is 0 Å². The summed E-state index contributed by atoms with van der Waals surface area (Å²) in [5.74, 6) is 1.02. The maximum atomic E-state index is 12.6. The quantitative estimate of drug-likeness (QED) is 0.400. The molecule has 7 nitrogen and oxygen atoms in total. The molecule has 1 saturated heterocycles. The number of nitrogens with one attached hydrogen (secondary N) is 3. The summed E-state index contributed by atoms with van der Waals surface area (Å²) in [6.07, 6.45) is 5.06. The van der Waals surface area contributed by atoms with Gasteiger partial charge < -0.3 is 15.6 Å². The molecule has 0 aliphatic carbocycles. The third kappa shape index (κ3) is 4.60. The lowest BCUT2D eigenvalue weighted by Crippen LogP contribution is -2.26. The van der Waals surface area contributed by atoms with Crippen LogP contribution in [0.4, 0.5) is 11.5 Å². The molecule has 3 heterocycles. The summed E-state index contributed by atoms with van der Waals surface area (Å²) in [6.45, 7) is 2.09. The monoisotopic (exact) mass is 474 g/mol. The summed E-state index contributed by atoms with van der Waals surface area (Å²) >= 11 is 0. The normalized spacial score (nSPS) is 14.9. The Morgan fingerprint density at radius 1 is 0.971 bits per heavy atom. The van der Waals surface area contributed by atoms with Gasteiger partial charge in [-0.25, -0.2) is 13.4 Å². The highest BCUT2D eigenvalue weighted by atomic mass is 32.2. The maximum Gasteiger partial charge on any atom is 0.259 e. The van der Waals surface area contributed by atoms with E-state index in [1.165, 1.54) is 11.8 Å². The lowest BCUT2D eigenvalue weighted by atomic mass is 9.90. The van der Waals surface area contributed by atoms with Gasteiger partial charge in [-0.2, -0.15) is 0 Å². The molecule has 174 valence electrons. The molecule has 0 unspecified atom stereocenters. The Hall–Kier alpha value is -3.49. The number of piperidine rings is 1. The summed E-state index contributed by atoms with van der Waals surface area (Å²) in [4.78, 5) is 20.4. The van der Waals surface area contributed by atoms with Crippen LogP contribution in [-0.4, -0.2) is 37.7 Å². The van der Waals surface area contributed by atoms with E-state index >= 15 is 0 Å². The number of H-pyrrole nitrogens is 1. The van der Waals surface area contributed by atoms with E-state index in [4.69, 9.17) is 4.98 Å². The van der Waals surface area contributed by atoms with Crippen molar-refractivity contribution in [1.82, 2.24) is 15.3 Å². The van der Waals surface area contributed by atoms with Crippen LogP contribution in [0.1, 0.15) is 24.3 Å². The number of aromatic amines is 1. The molecule has 3 N–H and O–H groups in total. The van der Waals surface area contributed by atoms with Crippen LogP contribution < -0.4 is 16.2 Å². The summed E-state index contributed by atoms with van der Waals surface area (Å²) < 4.78 is 23.6. The lowest BCUT2D eigenvalue weighted by Gasteiger charge is -2.23. The third-order valence-electron chi connectivity index (χ3n) is 6.32. The highest BCUT2D eigenvalue weighted by Crippen LogP contribution is 2.30. The fraction of sp³-hybridized carbons (Fsp3) is 0.231. The van der Waals surface area contributed by atoms with Crippen LogP contribution in [0.5, 0.6) is 0 Å². The summed E-state index contributed by atoms with van der Waals surface area (Å²) in [5, 5.41) is 7.94. The van der Waals surface area contributed by atoms with Crippen LogP contribution in [0.25, 0.3) is 22.0 Å². The Balaban J connectivity index is 1.51. The van der Waals surface area contributed by atoms with Gasteiger partial charge in [-0.1, -0.05) is 24.3 Å². The molecule has 5 rings (SSSR count). The molecular weight excluding hydrogens is 448 g/mol. The number of anilines is 2. The molecule has 4 aromatic rings. The van der Waals surface area contributed by atoms with Crippen molar-refractivity contribution >= 4 is 32.1 Å². The molecule has 1 aliphatic rings. The van der Waals surface area contributed by atoms with Gasteiger partial charge in [0.25, 0.3) is 5.56 Å². The van der Waals surface area contributed by atoms with Gasteiger partial charge in [-0.3, -0.25) is 4.79 Å². The first-order chi connectivity index (χ1) is 16.4. The van der Waals surface area contributed by atoms with E-state index in [2.05, 4.69) is 27.8 Å². The number of hydrogen-bond donors (Lipinski definition) is 3. The van der Waals surface area contributed by atoms with Crippen molar-refractivity contribution in [3.63, 3.8) is 0 Å². The van der Waals surface area contributed by atoms with Crippen molar-refractivity contribution in [3.05, 3.63) is 82.8 Å². The molecule has 2 aromatic heterocycles. The zero-order valence-corrected chi connectivity index (χ0v) is 19.7. The molecule has 0 saturated carbocycles. The molecule has 1 aliphatic heterocycles. The summed E-state index contributed by atoms with van der Waals surface area (Å²) in [7, 11) is -3.28. The van der Waals surface area contributed by atoms with Gasteiger partial charge in [-0.05, 0) is 79.2 Å². The van der Waals surface area contributed by atoms with Crippen molar-refractivity contribution in [2.75, 3.05) is 24.7 Å². The zero-order valence-electron chi connectivity index (χ0n) is 18.8. The Bertz CT molecular complexity index is 1490. The van der Waals surface area contributed by atoms with Crippen LogP contribution in [0.3, 0.4) is 0 Å². The van der Waals surface area contributed by atoms with E-state index in [9.17, 15) is 13.2 Å². The Morgan fingerprint density at radius 2 is 1.68 bits per heavy atom. The van der Waals surface area contributed by atoms with E-state index in [0.29, 0.717) is 22.8 Å². The maximum absolute atomic E-state index is 12.6. The number of benzene rings is 2. The fourth-order valence-corrected chi connectivity index (χ4v) is 5.09. The minimum atomic E-state index is -3.28. The van der Waals surface area contributed by atoms with Crippen molar-refractivity contribution in [2.24, 2.45) is 0 Å². The lowest BCUT2D eigenvalue weighted by molar-refractivity contribution is 0.460. The minimum absolute atomic E-state index is 0.224. The van der Waals surface area contributed by atoms with Gasteiger partial charge in [0.15, 0.2) is 9.84 Å². The van der Waals surface area contributed by atoms with E-state index in [-0.39, 0.29) is 10.5 Å². The van der Waals surface area contributed by atoms with Crippen molar-refractivity contribution in [1.29, 1.82) is 0 Å². The first-order valence-corrected chi connectivity index (χ1v) is 13.2. The van der Waals surface area contributed by atoms with E-state index in [0.717, 1.165) is 42.6 Å². The molecule has 0 spiro atoms. The predicted molar refractivity (Wildman–Crippen MR) is 135 cm³/mol. The second-order valence-corrected chi connectivity index (χ2v) is 10.7. The second-order valence-electron chi connectivity index (χ2n) is 8.69. The van der Waals surface area contributed by atoms with Crippen molar-refractivity contribution in [3.8, 4) is 11.3 Å². The number of sulfone groups is 1. The number of rotatable bonds is 5. The van der Waals surface area contributed by atoms with Crippen LogP contribution in [-0.2, 0) is 9.84 Å². The van der Waals surface area contributed by atoms with Crippen LogP contribution in [0, 0.1) is 0 Å². The number of nitrogens with zero attached hydrogens (tertiary/aromatic N) is 1. The van der Waals surface area contributed by atoms with Gasteiger partial charge in [0.05, 0.1) is 16.0 Å². The van der Waals surface area contributed by atoms with E-state index < -0.39 is 9.84 Å². The van der Waals surface area contributed by atoms with Crippen LogP contribution in [0.15, 0.2) is 76.6 Å². The fourth-order valence-electron chi connectivity index (χ4n) is 4.46. The Kier molecular flexibility index (Phi) is 5.93. The Morgan fingerprint density at radius 3 is 2.35 bits per heavy atom. The molecular formula is C26H26N4O3S. The van der Waals surface area contributed by atoms with Crippen LogP contribution in [0.2, 0.25) is 0 Å². The molecule has 0 radical (unpaired) electrons. The van der Waals surface area contributed by atoms with Gasteiger partial charge in [0, 0.05) is 23.7 Å². The largest absolute Gasteiger partial charge is 0.340 e. The summed E-state index contributed by atoms with van der Waals surface area (Å²) in [5.41, 5.74) is 3.35. The molecule has 2 aromatic carbocycles. The second kappa shape index (κ2) is 9.04. The highest BCUT2D eigenvalue weighted by molar-refractivity contribution is 7.90. The smallest absolute Gasteiger partial charge is 0.259 e. The number of aromatic nitrogens is 2.